The SMILES string of the molecule is CCOC(=O)/C=C/c1ccccc1.O=C(/C=C/c1ccccc1)c1ccccc1.O=C1C=CC(=O)C1.O=c1ccc2ccccc2o1.c1ccc2cc3ccccc3cc2c1. The Labute approximate surface area is 354 Å². The summed E-state index contributed by atoms with van der Waals surface area (Å²) < 4.78 is 9.64. The van der Waals surface area contributed by atoms with Crippen LogP contribution in [0.1, 0.15) is 34.8 Å². The van der Waals surface area contributed by atoms with Crippen molar-refractivity contribution in [2.24, 2.45) is 0 Å². The van der Waals surface area contributed by atoms with Crippen LogP contribution in [-0.2, 0) is 19.1 Å². The number of ketones is 3. The van der Waals surface area contributed by atoms with Gasteiger partial charge in [-0.15, -0.1) is 0 Å². The number of hydrogen-bond acceptors (Lipinski definition) is 7. The Kier molecular flexibility index (Phi) is 17.4. The van der Waals surface area contributed by atoms with E-state index < -0.39 is 0 Å². The first-order valence-electron chi connectivity index (χ1n) is 19.6. The quantitative estimate of drug-likeness (QED) is 0.0411. The molecule has 1 aliphatic rings. The van der Waals surface area contributed by atoms with Crippen molar-refractivity contribution in [3.05, 3.63) is 239 Å². The number of carbonyl (C=O) groups is 4. The number of carbonyl (C=O) groups excluding carboxylic acids is 4. The minimum Gasteiger partial charge on any atom is -0.463 e. The number of hydrogen-bond donors (Lipinski definition) is 0. The number of ether oxygens (including phenoxy) is 1. The monoisotopic (exact) mass is 804 g/mol. The summed E-state index contributed by atoms with van der Waals surface area (Å²) in [7, 11) is 0. The second-order valence-corrected chi connectivity index (χ2v) is 13.3. The lowest BCUT2D eigenvalue weighted by molar-refractivity contribution is -0.137. The van der Waals surface area contributed by atoms with E-state index in [1.165, 1.54) is 45.8 Å². The molecule has 7 nitrogen and oxygen atoms in total. The Morgan fingerprint density at radius 1 is 0.508 bits per heavy atom. The van der Waals surface area contributed by atoms with E-state index in [0.717, 1.165) is 22.1 Å². The van der Waals surface area contributed by atoms with Gasteiger partial charge in [0.2, 0.25) is 0 Å². The normalized spacial score (nSPS) is 11.4. The number of fused-ring (bicyclic) bond motifs is 3. The largest absolute Gasteiger partial charge is 0.463 e. The Balaban J connectivity index is 0.000000147. The smallest absolute Gasteiger partial charge is 0.336 e. The molecule has 8 aromatic rings. The van der Waals surface area contributed by atoms with Gasteiger partial charge in [-0.3, -0.25) is 14.4 Å². The summed E-state index contributed by atoms with van der Waals surface area (Å²) in [6, 6.07) is 60.7. The van der Waals surface area contributed by atoms with Gasteiger partial charge in [-0.1, -0.05) is 164 Å². The van der Waals surface area contributed by atoms with E-state index in [0.29, 0.717) is 12.2 Å². The van der Waals surface area contributed by atoms with Gasteiger partial charge in [-0.05, 0) is 88.2 Å². The summed E-state index contributed by atoms with van der Waals surface area (Å²) in [6.45, 7) is 2.20. The molecular weight excluding hydrogens is 761 g/mol. The van der Waals surface area contributed by atoms with Gasteiger partial charge < -0.3 is 9.15 Å². The van der Waals surface area contributed by atoms with E-state index in [-0.39, 0.29) is 35.4 Å². The van der Waals surface area contributed by atoms with Crippen LogP contribution in [0.5, 0.6) is 0 Å². The molecule has 0 atom stereocenters. The van der Waals surface area contributed by atoms with Gasteiger partial charge in [-0.25, -0.2) is 9.59 Å². The van der Waals surface area contributed by atoms with Gasteiger partial charge in [-0.2, -0.15) is 0 Å². The molecule has 0 N–H and O–H groups in total. The molecule has 0 amide bonds. The molecule has 302 valence electrons. The molecule has 0 bridgehead atoms. The van der Waals surface area contributed by atoms with Crippen LogP contribution in [0.2, 0.25) is 0 Å². The van der Waals surface area contributed by atoms with Gasteiger partial charge in [0.1, 0.15) is 5.58 Å². The minimum absolute atomic E-state index is 0.0319. The van der Waals surface area contributed by atoms with Crippen molar-refractivity contribution in [1.29, 1.82) is 0 Å². The molecule has 7 heteroatoms. The first kappa shape index (κ1) is 44.1. The minimum atomic E-state index is -0.302. The zero-order valence-electron chi connectivity index (χ0n) is 33.6. The highest BCUT2D eigenvalue weighted by atomic mass is 16.5. The number of rotatable bonds is 6. The molecule has 0 spiro atoms. The Bertz CT molecular complexity index is 2700. The molecular formula is C54H44O7. The fourth-order valence-electron chi connectivity index (χ4n) is 5.72. The van der Waals surface area contributed by atoms with E-state index in [1.54, 1.807) is 31.2 Å². The average Bonchev–Trinajstić information content (AvgIpc) is 3.70. The fourth-order valence-corrected chi connectivity index (χ4v) is 5.72. The first-order chi connectivity index (χ1) is 29.8. The molecule has 9 rings (SSSR count). The lowest BCUT2D eigenvalue weighted by atomic mass is 10.0. The van der Waals surface area contributed by atoms with E-state index in [4.69, 9.17) is 9.15 Å². The van der Waals surface area contributed by atoms with Crippen LogP contribution in [0.3, 0.4) is 0 Å². The summed E-state index contributed by atoms with van der Waals surface area (Å²) in [5, 5.41) is 6.20. The molecule has 0 saturated carbocycles. The van der Waals surface area contributed by atoms with Crippen LogP contribution in [0, 0.1) is 0 Å². The van der Waals surface area contributed by atoms with Gasteiger partial charge in [0, 0.05) is 23.1 Å². The van der Waals surface area contributed by atoms with Crippen molar-refractivity contribution in [3.8, 4) is 0 Å². The first-order valence-corrected chi connectivity index (χ1v) is 19.6. The van der Waals surface area contributed by atoms with E-state index in [9.17, 15) is 24.0 Å². The highest BCUT2D eigenvalue weighted by Gasteiger charge is 2.09. The maximum atomic E-state index is 11.7. The van der Waals surface area contributed by atoms with Crippen LogP contribution in [0.25, 0.3) is 44.7 Å². The second kappa shape index (κ2) is 24.0. The van der Waals surface area contributed by atoms with Crippen molar-refractivity contribution in [3.63, 3.8) is 0 Å². The lowest BCUT2D eigenvalue weighted by Crippen LogP contribution is -1.98. The number of allylic oxidation sites excluding steroid dienone is 3. The van der Waals surface area contributed by atoms with Crippen molar-refractivity contribution >= 4 is 68.0 Å². The topological polar surface area (TPSA) is 108 Å². The summed E-state index contributed by atoms with van der Waals surface area (Å²) in [5.41, 5.74) is 3.08. The third kappa shape index (κ3) is 15.3. The molecule has 1 aromatic heterocycles. The Morgan fingerprint density at radius 3 is 1.39 bits per heavy atom. The van der Waals surface area contributed by atoms with Crippen molar-refractivity contribution in [2.45, 2.75) is 13.3 Å². The number of esters is 1. The molecule has 1 heterocycles. The second-order valence-electron chi connectivity index (χ2n) is 13.3. The summed E-state index contributed by atoms with van der Waals surface area (Å²) >= 11 is 0. The molecule has 0 aliphatic heterocycles. The van der Waals surface area contributed by atoms with Crippen LogP contribution in [-0.4, -0.2) is 29.9 Å². The molecule has 61 heavy (non-hydrogen) atoms. The number of benzene rings is 7. The van der Waals surface area contributed by atoms with Crippen LogP contribution in [0.15, 0.2) is 222 Å². The Morgan fingerprint density at radius 2 is 0.934 bits per heavy atom. The lowest BCUT2D eigenvalue weighted by Gasteiger charge is -2.00. The van der Waals surface area contributed by atoms with E-state index in [2.05, 4.69) is 60.7 Å². The van der Waals surface area contributed by atoms with Crippen LogP contribution in [0.4, 0.5) is 0 Å². The Hall–Kier alpha value is -8.03. The van der Waals surface area contributed by atoms with Crippen molar-refractivity contribution in [1.82, 2.24) is 0 Å². The molecule has 1 aliphatic carbocycles. The fraction of sp³-hybridized carbons (Fsp3) is 0.0556. The van der Waals surface area contributed by atoms with Gasteiger partial charge in [0.25, 0.3) is 0 Å². The van der Waals surface area contributed by atoms with Crippen LogP contribution >= 0.6 is 0 Å². The van der Waals surface area contributed by atoms with E-state index in [1.807, 2.05) is 115 Å². The highest BCUT2D eigenvalue weighted by Crippen LogP contribution is 2.22. The summed E-state index contributed by atoms with van der Waals surface area (Å²) in [4.78, 5) is 53.6. The third-order valence-electron chi connectivity index (χ3n) is 8.73. The maximum absolute atomic E-state index is 11.7. The van der Waals surface area contributed by atoms with Crippen molar-refractivity contribution in [2.75, 3.05) is 6.61 Å². The maximum Gasteiger partial charge on any atom is 0.336 e. The van der Waals surface area contributed by atoms with Gasteiger partial charge in [0.15, 0.2) is 17.3 Å². The van der Waals surface area contributed by atoms with E-state index >= 15 is 0 Å². The summed E-state index contributed by atoms with van der Waals surface area (Å²) in [6.07, 6.45) is 9.29. The predicted molar refractivity (Wildman–Crippen MR) is 246 cm³/mol. The molecule has 0 fully saturated rings. The zero-order valence-corrected chi connectivity index (χ0v) is 33.6. The average molecular weight is 805 g/mol. The molecule has 0 saturated heterocycles. The predicted octanol–water partition coefficient (Wildman–Crippen LogP) is 11.7. The zero-order chi connectivity index (χ0) is 43.1. The number of para-hydroxylation sites is 1. The van der Waals surface area contributed by atoms with Gasteiger partial charge in [0.05, 0.1) is 13.0 Å². The highest BCUT2D eigenvalue weighted by molar-refractivity contribution is 6.16. The molecule has 0 radical (unpaired) electrons. The molecule has 7 aromatic carbocycles. The van der Waals surface area contributed by atoms with Crippen LogP contribution < -0.4 is 5.63 Å². The summed E-state index contributed by atoms with van der Waals surface area (Å²) in [5.74, 6) is -0.425. The molecule has 0 unspecified atom stereocenters. The van der Waals surface area contributed by atoms with Crippen molar-refractivity contribution < 1.29 is 28.3 Å². The standard InChI is InChI=1S/C15H12O.C14H10.C11H12O2.C9H6O2.C5H4O2/c16-15(14-9-5-2-6-10-14)12-11-13-7-3-1-4-8-13;1-2-6-12-10-14-8-4-3-7-13(14)9-11(12)5-1;1-2-13-11(12)9-8-10-6-4-3-5-7-10;10-9-6-5-7-3-1-2-4-8(7)11-9;6-4-1-2-5(7)3-4/h1-12H;1-10H;3-9H,2H2,1H3;1-6H;1-2H,3H2/b12-11+;;9-8+;;. The van der Waals surface area contributed by atoms with Gasteiger partial charge >= 0.3 is 11.6 Å². The third-order valence-corrected chi connectivity index (χ3v) is 8.73.